The molecule has 4 nitrogen and oxygen atoms in total. The summed E-state index contributed by atoms with van der Waals surface area (Å²) >= 11 is 0. The topological polar surface area (TPSA) is 36.9 Å². The molecule has 0 saturated heterocycles. The highest BCUT2D eigenvalue weighted by Gasteiger charge is 2.18. The highest BCUT2D eigenvalue weighted by atomic mass is 16.7. The fourth-order valence-corrected chi connectivity index (χ4v) is 1.38. The van der Waals surface area contributed by atoms with Crippen molar-refractivity contribution in [3.8, 4) is 0 Å². The van der Waals surface area contributed by atoms with Gasteiger partial charge < -0.3 is 18.9 Å². The van der Waals surface area contributed by atoms with Gasteiger partial charge in [-0.1, -0.05) is 13.8 Å². The molecule has 0 heterocycles. The molecule has 0 rings (SSSR count). The summed E-state index contributed by atoms with van der Waals surface area (Å²) in [6.45, 7) is 12.7. The summed E-state index contributed by atoms with van der Waals surface area (Å²) in [5.74, 6) is 0.496. The maximum absolute atomic E-state index is 5.68. The zero-order valence-electron chi connectivity index (χ0n) is 11.9. The average Bonchev–Trinajstić information content (AvgIpc) is 2.27. The summed E-state index contributed by atoms with van der Waals surface area (Å²) in [5, 5.41) is 0. The SMILES string of the molecule is CCOC(C[C@@H](OCC)OCC(C)C)OCC. The Morgan fingerprint density at radius 1 is 0.706 bits per heavy atom. The summed E-state index contributed by atoms with van der Waals surface area (Å²) in [5.41, 5.74) is 0. The third-order valence-electron chi connectivity index (χ3n) is 2.06. The minimum atomic E-state index is -0.245. The molecule has 0 aliphatic rings. The second-order valence-corrected chi connectivity index (χ2v) is 4.19. The molecule has 104 valence electrons. The molecule has 0 saturated carbocycles. The molecule has 0 aromatic carbocycles. The summed E-state index contributed by atoms with van der Waals surface area (Å²) in [6, 6.07) is 0. The first kappa shape index (κ1) is 16.8. The van der Waals surface area contributed by atoms with E-state index in [-0.39, 0.29) is 12.6 Å². The molecule has 0 N–H and O–H groups in total. The quantitative estimate of drug-likeness (QED) is 0.527. The average molecular weight is 248 g/mol. The molecule has 0 radical (unpaired) electrons. The Balaban J connectivity index is 4.07. The van der Waals surface area contributed by atoms with Gasteiger partial charge in [-0.25, -0.2) is 0 Å². The smallest absolute Gasteiger partial charge is 0.162 e. The normalized spacial score (nSPS) is 13.6. The zero-order chi connectivity index (χ0) is 13.1. The third-order valence-corrected chi connectivity index (χ3v) is 2.06. The molecule has 0 amide bonds. The van der Waals surface area contributed by atoms with Crippen molar-refractivity contribution in [3.05, 3.63) is 0 Å². The third kappa shape index (κ3) is 9.53. The predicted molar refractivity (Wildman–Crippen MR) is 67.9 cm³/mol. The highest BCUT2D eigenvalue weighted by Crippen LogP contribution is 2.11. The number of hydrogen-bond donors (Lipinski definition) is 0. The largest absolute Gasteiger partial charge is 0.353 e. The first-order chi connectivity index (χ1) is 8.13. The molecule has 0 unspecified atom stereocenters. The van der Waals surface area contributed by atoms with Crippen molar-refractivity contribution in [1.29, 1.82) is 0 Å². The minimum Gasteiger partial charge on any atom is -0.353 e. The zero-order valence-corrected chi connectivity index (χ0v) is 11.9. The summed E-state index contributed by atoms with van der Waals surface area (Å²) in [6.07, 6.45) is 0.126. The van der Waals surface area contributed by atoms with Crippen LogP contribution in [-0.2, 0) is 18.9 Å². The van der Waals surface area contributed by atoms with Gasteiger partial charge in [-0.2, -0.15) is 0 Å². The molecule has 0 aromatic rings. The van der Waals surface area contributed by atoms with Crippen molar-refractivity contribution in [3.63, 3.8) is 0 Å². The molecule has 0 aromatic heterocycles. The van der Waals surface area contributed by atoms with E-state index >= 15 is 0 Å². The van der Waals surface area contributed by atoms with Gasteiger partial charge in [-0.3, -0.25) is 0 Å². The molecule has 0 aliphatic heterocycles. The lowest BCUT2D eigenvalue weighted by Gasteiger charge is -2.24. The number of rotatable bonds is 11. The van der Waals surface area contributed by atoms with Crippen LogP contribution < -0.4 is 0 Å². The summed E-state index contributed by atoms with van der Waals surface area (Å²) < 4.78 is 22.2. The summed E-state index contributed by atoms with van der Waals surface area (Å²) in [4.78, 5) is 0. The van der Waals surface area contributed by atoms with Crippen molar-refractivity contribution in [1.82, 2.24) is 0 Å². The van der Waals surface area contributed by atoms with Gasteiger partial charge in [0, 0.05) is 26.2 Å². The highest BCUT2D eigenvalue weighted by molar-refractivity contribution is 4.53. The second kappa shape index (κ2) is 11.0. The van der Waals surface area contributed by atoms with Gasteiger partial charge in [-0.05, 0) is 26.7 Å². The molecule has 4 heteroatoms. The Bertz CT molecular complexity index is 155. The summed E-state index contributed by atoms with van der Waals surface area (Å²) in [7, 11) is 0. The van der Waals surface area contributed by atoms with Crippen molar-refractivity contribution in [2.24, 2.45) is 5.92 Å². The maximum atomic E-state index is 5.68. The first-order valence-corrected chi connectivity index (χ1v) is 6.60. The number of ether oxygens (including phenoxy) is 4. The van der Waals surface area contributed by atoms with Crippen molar-refractivity contribution < 1.29 is 18.9 Å². The van der Waals surface area contributed by atoms with E-state index in [1.54, 1.807) is 0 Å². The van der Waals surface area contributed by atoms with E-state index < -0.39 is 0 Å². The molecule has 0 fully saturated rings. The molecule has 0 bridgehead atoms. The van der Waals surface area contributed by atoms with Crippen LogP contribution in [0.4, 0.5) is 0 Å². The van der Waals surface area contributed by atoms with Gasteiger partial charge in [0.2, 0.25) is 0 Å². The molecule has 17 heavy (non-hydrogen) atoms. The monoisotopic (exact) mass is 248 g/mol. The minimum absolute atomic E-state index is 0.242. The molecule has 0 spiro atoms. The lowest BCUT2D eigenvalue weighted by atomic mass is 10.2. The standard InChI is InChI=1S/C13H28O4/c1-6-14-12(15-7-2)9-13(16-8-3)17-10-11(4)5/h11-13H,6-10H2,1-5H3/t13-/m0/s1. The fourth-order valence-electron chi connectivity index (χ4n) is 1.38. The maximum Gasteiger partial charge on any atom is 0.162 e. The molecular weight excluding hydrogens is 220 g/mol. The number of hydrogen-bond acceptors (Lipinski definition) is 4. The van der Waals surface area contributed by atoms with E-state index in [0.29, 0.717) is 38.8 Å². The van der Waals surface area contributed by atoms with Crippen LogP contribution in [0, 0.1) is 5.92 Å². The molecular formula is C13H28O4. The van der Waals surface area contributed by atoms with Gasteiger partial charge in [0.05, 0.1) is 6.61 Å². The fraction of sp³-hybridized carbons (Fsp3) is 1.00. The van der Waals surface area contributed by atoms with Crippen LogP contribution in [-0.4, -0.2) is 39.0 Å². The van der Waals surface area contributed by atoms with Gasteiger partial charge >= 0.3 is 0 Å². The predicted octanol–water partition coefficient (Wildman–Crippen LogP) is 2.81. The van der Waals surface area contributed by atoms with E-state index in [9.17, 15) is 0 Å². The van der Waals surface area contributed by atoms with Crippen molar-refractivity contribution >= 4 is 0 Å². The Morgan fingerprint density at radius 3 is 1.47 bits per heavy atom. The second-order valence-electron chi connectivity index (χ2n) is 4.19. The van der Waals surface area contributed by atoms with Crippen LogP contribution in [0.1, 0.15) is 41.0 Å². The Morgan fingerprint density at radius 2 is 1.12 bits per heavy atom. The van der Waals surface area contributed by atoms with Gasteiger partial charge in [0.15, 0.2) is 12.6 Å². The van der Waals surface area contributed by atoms with E-state index in [4.69, 9.17) is 18.9 Å². The van der Waals surface area contributed by atoms with Crippen LogP contribution in [0.25, 0.3) is 0 Å². The van der Waals surface area contributed by atoms with Crippen molar-refractivity contribution in [2.45, 2.75) is 53.6 Å². The van der Waals surface area contributed by atoms with Crippen LogP contribution >= 0.6 is 0 Å². The van der Waals surface area contributed by atoms with Crippen LogP contribution in [0.15, 0.2) is 0 Å². The lowest BCUT2D eigenvalue weighted by molar-refractivity contribution is -0.211. The van der Waals surface area contributed by atoms with Crippen LogP contribution in [0.2, 0.25) is 0 Å². The van der Waals surface area contributed by atoms with Gasteiger partial charge in [-0.15, -0.1) is 0 Å². The van der Waals surface area contributed by atoms with Gasteiger partial charge in [0.1, 0.15) is 0 Å². The molecule has 0 aliphatic carbocycles. The van der Waals surface area contributed by atoms with E-state index in [0.717, 1.165) is 0 Å². The van der Waals surface area contributed by atoms with Crippen LogP contribution in [0.3, 0.4) is 0 Å². The van der Waals surface area contributed by atoms with Crippen LogP contribution in [0.5, 0.6) is 0 Å². The van der Waals surface area contributed by atoms with E-state index in [1.807, 2.05) is 20.8 Å². The molecule has 1 atom stereocenters. The Hall–Kier alpha value is -0.160. The van der Waals surface area contributed by atoms with E-state index in [2.05, 4.69) is 13.8 Å². The van der Waals surface area contributed by atoms with Gasteiger partial charge in [0.25, 0.3) is 0 Å². The Labute approximate surface area is 106 Å². The first-order valence-electron chi connectivity index (χ1n) is 6.60. The van der Waals surface area contributed by atoms with E-state index in [1.165, 1.54) is 0 Å². The Kier molecular flexibility index (Phi) is 10.9. The lowest BCUT2D eigenvalue weighted by Crippen LogP contribution is -2.29. The van der Waals surface area contributed by atoms with Crippen molar-refractivity contribution in [2.75, 3.05) is 26.4 Å².